The summed E-state index contributed by atoms with van der Waals surface area (Å²) in [5, 5.41) is 3.59. The van der Waals surface area contributed by atoms with Crippen LogP contribution in [0.1, 0.15) is 39.4 Å². The minimum Gasteiger partial charge on any atom is -0.349 e. The maximum atomic E-state index is 4.20. The van der Waals surface area contributed by atoms with Crippen molar-refractivity contribution in [2.24, 2.45) is 5.92 Å². The van der Waals surface area contributed by atoms with Crippen LogP contribution in [0.4, 0.5) is 0 Å². The number of nitrogens with zero attached hydrogens (tertiary/aromatic N) is 1. The van der Waals surface area contributed by atoms with E-state index in [4.69, 9.17) is 0 Å². The Morgan fingerprint density at radius 3 is 2.80 bits per heavy atom. The Hall–Kier alpha value is -0.830. The lowest BCUT2D eigenvalue weighted by Gasteiger charge is -2.20. The highest BCUT2D eigenvalue weighted by Gasteiger charge is 2.08. The Kier molecular flexibility index (Phi) is 5.40. The summed E-state index contributed by atoms with van der Waals surface area (Å²) in [6, 6.07) is 0.654. The number of hydrogen-bond donors (Lipinski definition) is 2. The smallest absolute Gasteiger partial charge is 0.106 e. The van der Waals surface area contributed by atoms with Gasteiger partial charge in [0, 0.05) is 24.9 Å². The standard InChI is InChI=1S/C12H23N3/c1-4-11(10(2)3)13-7-5-6-12-14-8-9-15-12/h8-11,13H,4-7H2,1-3H3,(H,14,15). The highest BCUT2D eigenvalue weighted by Crippen LogP contribution is 2.05. The molecule has 86 valence electrons. The summed E-state index contributed by atoms with van der Waals surface area (Å²) in [4.78, 5) is 7.33. The fourth-order valence-electron chi connectivity index (χ4n) is 1.83. The van der Waals surface area contributed by atoms with E-state index >= 15 is 0 Å². The average molecular weight is 209 g/mol. The van der Waals surface area contributed by atoms with E-state index in [0.717, 1.165) is 31.1 Å². The first-order chi connectivity index (χ1) is 7.24. The molecule has 0 aliphatic heterocycles. The zero-order valence-electron chi connectivity index (χ0n) is 10.1. The number of hydrogen-bond acceptors (Lipinski definition) is 2. The number of nitrogens with one attached hydrogen (secondary N) is 2. The molecule has 0 aliphatic carbocycles. The molecule has 2 N–H and O–H groups in total. The zero-order valence-corrected chi connectivity index (χ0v) is 10.1. The van der Waals surface area contributed by atoms with Crippen molar-refractivity contribution in [3.63, 3.8) is 0 Å². The van der Waals surface area contributed by atoms with Crippen molar-refractivity contribution in [3.05, 3.63) is 18.2 Å². The van der Waals surface area contributed by atoms with E-state index in [1.165, 1.54) is 6.42 Å². The first-order valence-electron chi connectivity index (χ1n) is 5.95. The Balaban J connectivity index is 2.10. The molecule has 0 spiro atoms. The SMILES string of the molecule is CCC(NCCCc1ncc[nH]1)C(C)C. The lowest BCUT2D eigenvalue weighted by molar-refractivity contribution is 0.386. The van der Waals surface area contributed by atoms with Crippen molar-refractivity contribution in [3.8, 4) is 0 Å². The summed E-state index contributed by atoms with van der Waals surface area (Å²) in [6.07, 6.45) is 7.08. The second-order valence-electron chi connectivity index (χ2n) is 4.35. The second kappa shape index (κ2) is 6.62. The molecule has 0 aliphatic rings. The number of H-pyrrole nitrogens is 1. The van der Waals surface area contributed by atoms with Crippen molar-refractivity contribution in [2.75, 3.05) is 6.54 Å². The van der Waals surface area contributed by atoms with E-state index in [2.05, 4.69) is 36.1 Å². The molecule has 0 saturated heterocycles. The van der Waals surface area contributed by atoms with Gasteiger partial charge in [-0.05, 0) is 25.3 Å². The van der Waals surface area contributed by atoms with E-state index < -0.39 is 0 Å². The van der Waals surface area contributed by atoms with Crippen LogP contribution in [-0.4, -0.2) is 22.6 Å². The Labute approximate surface area is 92.7 Å². The first-order valence-corrected chi connectivity index (χ1v) is 5.95. The molecule has 1 rings (SSSR count). The lowest BCUT2D eigenvalue weighted by Crippen LogP contribution is -2.34. The molecule has 1 atom stereocenters. The van der Waals surface area contributed by atoms with Crippen LogP contribution >= 0.6 is 0 Å². The molecule has 0 amide bonds. The van der Waals surface area contributed by atoms with Gasteiger partial charge in [-0.25, -0.2) is 4.98 Å². The van der Waals surface area contributed by atoms with Crippen LogP contribution in [0.15, 0.2) is 12.4 Å². The number of aromatic nitrogens is 2. The molecule has 3 nitrogen and oxygen atoms in total. The fraction of sp³-hybridized carbons (Fsp3) is 0.750. The van der Waals surface area contributed by atoms with Gasteiger partial charge >= 0.3 is 0 Å². The van der Waals surface area contributed by atoms with Gasteiger partial charge in [-0.1, -0.05) is 20.8 Å². The third kappa shape index (κ3) is 4.47. The zero-order chi connectivity index (χ0) is 11.1. The van der Waals surface area contributed by atoms with Crippen molar-refractivity contribution < 1.29 is 0 Å². The Morgan fingerprint density at radius 2 is 2.27 bits per heavy atom. The van der Waals surface area contributed by atoms with Gasteiger partial charge in [0.15, 0.2) is 0 Å². The fourth-order valence-corrected chi connectivity index (χ4v) is 1.83. The van der Waals surface area contributed by atoms with Crippen molar-refractivity contribution in [2.45, 2.75) is 46.1 Å². The minimum absolute atomic E-state index is 0.654. The van der Waals surface area contributed by atoms with Crippen LogP contribution in [0.25, 0.3) is 0 Å². The van der Waals surface area contributed by atoms with Crippen LogP contribution in [-0.2, 0) is 6.42 Å². The molecule has 0 saturated carbocycles. The lowest BCUT2D eigenvalue weighted by atomic mass is 10.0. The third-order valence-corrected chi connectivity index (χ3v) is 2.80. The molecular formula is C12H23N3. The molecule has 0 fully saturated rings. The van der Waals surface area contributed by atoms with Crippen LogP contribution in [0.3, 0.4) is 0 Å². The van der Waals surface area contributed by atoms with Gasteiger partial charge < -0.3 is 10.3 Å². The quantitative estimate of drug-likeness (QED) is 0.677. The van der Waals surface area contributed by atoms with Gasteiger partial charge in [0.05, 0.1) is 0 Å². The van der Waals surface area contributed by atoms with Crippen LogP contribution < -0.4 is 5.32 Å². The summed E-state index contributed by atoms with van der Waals surface area (Å²) in [5.41, 5.74) is 0. The van der Waals surface area contributed by atoms with Crippen LogP contribution in [0.5, 0.6) is 0 Å². The molecule has 0 aromatic carbocycles. The monoisotopic (exact) mass is 209 g/mol. The molecule has 1 heterocycles. The van der Waals surface area contributed by atoms with Gasteiger partial charge in [0.2, 0.25) is 0 Å². The number of aromatic amines is 1. The van der Waals surface area contributed by atoms with Crippen LogP contribution in [0.2, 0.25) is 0 Å². The number of imidazole rings is 1. The summed E-state index contributed by atoms with van der Waals surface area (Å²) in [6.45, 7) is 7.86. The molecule has 15 heavy (non-hydrogen) atoms. The predicted molar refractivity (Wildman–Crippen MR) is 63.8 cm³/mol. The summed E-state index contributed by atoms with van der Waals surface area (Å²) in [5.74, 6) is 1.81. The number of aryl methyl sites for hydroxylation is 1. The largest absolute Gasteiger partial charge is 0.349 e. The van der Waals surface area contributed by atoms with E-state index in [-0.39, 0.29) is 0 Å². The molecule has 1 unspecified atom stereocenters. The minimum atomic E-state index is 0.654. The van der Waals surface area contributed by atoms with E-state index in [0.29, 0.717) is 6.04 Å². The maximum absolute atomic E-state index is 4.20. The van der Waals surface area contributed by atoms with Crippen molar-refractivity contribution in [1.29, 1.82) is 0 Å². The molecular weight excluding hydrogens is 186 g/mol. The molecule has 1 aromatic rings. The van der Waals surface area contributed by atoms with Gasteiger partial charge in [0.25, 0.3) is 0 Å². The van der Waals surface area contributed by atoms with Gasteiger partial charge in [0.1, 0.15) is 5.82 Å². The van der Waals surface area contributed by atoms with Gasteiger partial charge in [-0.3, -0.25) is 0 Å². The van der Waals surface area contributed by atoms with Gasteiger partial charge in [-0.2, -0.15) is 0 Å². The summed E-state index contributed by atoms with van der Waals surface area (Å²) >= 11 is 0. The highest BCUT2D eigenvalue weighted by atomic mass is 14.9. The van der Waals surface area contributed by atoms with E-state index in [9.17, 15) is 0 Å². The second-order valence-corrected chi connectivity index (χ2v) is 4.35. The Bertz CT molecular complexity index is 241. The molecule has 0 bridgehead atoms. The average Bonchev–Trinajstić information content (AvgIpc) is 2.70. The third-order valence-electron chi connectivity index (χ3n) is 2.80. The van der Waals surface area contributed by atoms with E-state index in [1.807, 2.05) is 12.4 Å². The Morgan fingerprint density at radius 1 is 1.47 bits per heavy atom. The molecule has 3 heteroatoms. The van der Waals surface area contributed by atoms with E-state index in [1.54, 1.807) is 0 Å². The van der Waals surface area contributed by atoms with Crippen LogP contribution in [0, 0.1) is 5.92 Å². The topological polar surface area (TPSA) is 40.7 Å². The molecule has 1 aromatic heterocycles. The predicted octanol–water partition coefficient (Wildman–Crippen LogP) is 2.37. The van der Waals surface area contributed by atoms with Crippen molar-refractivity contribution >= 4 is 0 Å². The maximum Gasteiger partial charge on any atom is 0.106 e. The summed E-state index contributed by atoms with van der Waals surface area (Å²) in [7, 11) is 0. The normalized spacial score (nSPS) is 13.3. The highest BCUT2D eigenvalue weighted by molar-refractivity contribution is 4.86. The summed E-state index contributed by atoms with van der Waals surface area (Å²) < 4.78 is 0. The number of rotatable bonds is 7. The van der Waals surface area contributed by atoms with Gasteiger partial charge in [-0.15, -0.1) is 0 Å². The van der Waals surface area contributed by atoms with Crippen molar-refractivity contribution in [1.82, 2.24) is 15.3 Å². The first kappa shape index (κ1) is 12.2. The molecule has 0 radical (unpaired) electrons.